The van der Waals surface area contributed by atoms with Crippen LogP contribution in [-0.4, -0.2) is 42.1 Å². The van der Waals surface area contributed by atoms with Gasteiger partial charge in [0, 0.05) is 24.5 Å². The summed E-state index contributed by atoms with van der Waals surface area (Å²) in [7, 11) is 0. The first-order valence-corrected chi connectivity index (χ1v) is 11.1. The Labute approximate surface area is 302 Å². The summed E-state index contributed by atoms with van der Waals surface area (Å²) in [6, 6.07) is 22.3. The van der Waals surface area contributed by atoms with Crippen molar-refractivity contribution in [1.29, 1.82) is 0 Å². The molecular weight excluding hydrogens is 626 g/mol. The van der Waals surface area contributed by atoms with Crippen LogP contribution in [-0.2, 0) is 42.4 Å². The van der Waals surface area contributed by atoms with Crippen LogP contribution in [0, 0.1) is 7.43 Å². The van der Waals surface area contributed by atoms with E-state index < -0.39 is 35.8 Å². The average molecular weight is 651 g/mol. The molecule has 219 valence electrons. The number of fused-ring (bicyclic) bond motifs is 2. The number of aliphatic carboxylic acids is 2. The number of hydrogen-bond acceptors (Lipinski definition) is 11. The Morgan fingerprint density at radius 3 is 1.19 bits per heavy atom. The van der Waals surface area contributed by atoms with E-state index in [0.717, 1.165) is 18.6 Å². The third kappa shape index (κ3) is 16.7. The van der Waals surface area contributed by atoms with Crippen molar-refractivity contribution in [2.75, 3.05) is 0 Å². The van der Waals surface area contributed by atoms with E-state index in [1.165, 1.54) is 19.3 Å². The molecule has 0 spiro atoms. The van der Waals surface area contributed by atoms with Crippen LogP contribution in [0.5, 0.6) is 0 Å². The van der Waals surface area contributed by atoms with Gasteiger partial charge in [-0.05, 0) is 42.8 Å². The van der Waals surface area contributed by atoms with Crippen LogP contribution in [0.15, 0.2) is 84.9 Å². The molecule has 3 aromatic carbocycles. The molecule has 0 saturated carbocycles. The second-order valence-electron chi connectivity index (χ2n) is 7.20. The molecule has 0 unspecified atom stereocenters. The number of rotatable bonds is 2. The van der Waals surface area contributed by atoms with Gasteiger partial charge in [-0.15, -0.1) is 0 Å². The van der Waals surface area contributed by atoms with Crippen LogP contribution in [0.1, 0.15) is 60.8 Å². The molecule has 2 aliphatic heterocycles. The molecule has 0 N–H and O–H groups in total. The van der Waals surface area contributed by atoms with Gasteiger partial charge in [-0.2, -0.15) is 6.92 Å². The van der Waals surface area contributed by atoms with Gasteiger partial charge in [0.15, 0.2) is 0 Å². The van der Waals surface area contributed by atoms with Crippen molar-refractivity contribution in [1.82, 2.24) is 0 Å². The molecule has 2 heterocycles. The molecule has 0 atom stereocenters. The van der Waals surface area contributed by atoms with Crippen molar-refractivity contribution in [2.24, 2.45) is 0 Å². The summed E-state index contributed by atoms with van der Waals surface area (Å²) >= 11 is 0. The fourth-order valence-electron chi connectivity index (χ4n) is 2.79. The second kappa shape index (κ2) is 24.0. The monoisotopic (exact) mass is 650 g/mol. The summed E-state index contributed by atoms with van der Waals surface area (Å²) in [5.41, 5.74) is 2.29. The van der Waals surface area contributed by atoms with Gasteiger partial charge in [-0.25, -0.2) is 19.2 Å². The number of carbonyl (C=O) groups excluding carboxylic acids is 7. The molecule has 5 rings (SSSR count). The van der Waals surface area contributed by atoms with Crippen molar-refractivity contribution < 1.29 is 123 Å². The maximum absolute atomic E-state index is 10.8. The SMILES string of the molecule is CC(=O)[O-].C[C-]=O.O=C([O-])/C=C/c1ccccc1.O=C1OC(=O)c2ccccc21.O=C1OC(=O)c2ccccc21.[CH3-].[K+].[V]. The molecule has 13 heteroatoms. The van der Waals surface area contributed by atoms with Crippen molar-refractivity contribution >= 4 is 48.2 Å². The summed E-state index contributed by atoms with van der Waals surface area (Å²) in [6.07, 6.45) is 4.00. The normalized spacial score (nSPS) is 10.9. The van der Waals surface area contributed by atoms with Gasteiger partial charge in [0.1, 0.15) is 0 Å². The molecule has 2 aliphatic rings. The third-order valence-corrected chi connectivity index (χ3v) is 4.32. The first-order valence-electron chi connectivity index (χ1n) is 11.1. The first kappa shape index (κ1) is 44.0. The Kier molecular flexibility index (Phi) is 24.5. The molecule has 0 aliphatic carbocycles. The van der Waals surface area contributed by atoms with Crippen LogP contribution in [0.2, 0.25) is 0 Å². The molecule has 0 bridgehead atoms. The molecule has 0 saturated heterocycles. The largest absolute Gasteiger partial charge is 1.00 e. The number of hydrogen-bond donors (Lipinski definition) is 0. The van der Waals surface area contributed by atoms with Gasteiger partial charge in [0.25, 0.3) is 0 Å². The van der Waals surface area contributed by atoms with Crippen molar-refractivity contribution in [3.8, 4) is 0 Å². The Morgan fingerprint density at radius 1 is 0.674 bits per heavy atom. The van der Waals surface area contributed by atoms with E-state index in [0.29, 0.717) is 22.3 Å². The Bertz CT molecular complexity index is 1280. The van der Waals surface area contributed by atoms with Gasteiger partial charge in [-0.3, -0.25) is 6.29 Å². The minimum absolute atomic E-state index is 0. The number of benzene rings is 3. The smallest absolute Gasteiger partial charge is 0.550 e. The third-order valence-electron chi connectivity index (χ3n) is 4.32. The fourth-order valence-corrected chi connectivity index (χ4v) is 2.79. The van der Waals surface area contributed by atoms with E-state index in [4.69, 9.17) is 14.7 Å². The van der Waals surface area contributed by atoms with Crippen LogP contribution < -0.4 is 61.6 Å². The summed E-state index contributed by atoms with van der Waals surface area (Å²) in [4.78, 5) is 70.9. The van der Waals surface area contributed by atoms with E-state index in [1.54, 1.807) is 48.5 Å². The number of esters is 4. The molecule has 0 amide bonds. The predicted molar refractivity (Wildman–Crippen MR) is 141 cm³/mol. The minimum Gasteiger partial charge on any atom is -0.550 e. The Morgan fingerprint density at radius 2 is 0.930 bits per heavy atom. The van der Waals surface area contributed by atoms with Gasteiger partial charge in [0.2, 0.25) is 0 Å². The maximum Gasteiger partial charge on any atom is 1.00 e. The number of cyclic esters (lactones) is 4. The number of carboxylic acids is 2. The van der Waals surface area contributed by atoms with E-state index in [9.17, 15) is 29.1 Å². The predicted octanol–water partition coefficient (Wildman–Crippen LogP) is -1.23. The van der Waals surface area contributed by atoms with E-state index >= 15 is 0 Å². The summed E-state index contributed by atoms with van der Waals surface area (Å²) < 4.78 is 8.71. The molecular formula is C30H24KO11V-3. The number of ether oxygens (including phenoxy) is 2. The topological polar surface area (TPSA) is 184 Å². The fraction of sp³-hybridized carbons (Fsp3) is 0.0667. The summed E-state index contributed by atoms with van der Waals surface area (Å²) in [6.45, 7) is 2.29. The first-order chi connectivity index (χ1) is 19.0. The van der Waals surface area contributed by atoms with Crippen molar-refractivity contribution in [3.05, 3.63) is 120 Å². The summed E-state index contributed by atoms with van der Waals surface area (Å²) in [5.74, 6) is -4.46. The van der Waals surface area contributed by atoms with Gasteiger partial charge in [0.05, 0.1) is 28.2 Å². The van der Waals surface area contributed by atoms with Crippen molar-refractivity contribution in [2.45, 2.75) is 13.8 Å². The zero-order chi connectivity index (χ0) is 30.1. The van der Waals surface area contributed by atoms with Crippen LogP contribution in [0.3, 0.4) is 0 Å². The second-order valence-corrected chi connectivity index (χ2v) is 7.20. The standard InChI is InChI=1S/C9H8O2.2C8H4O3.C2H4O2.C2H3O.CH3.K.V/c10-9(11)7-6-8-4-2-1-3-5-8;2*9-7-5-3-1-2-4-6(5)8(10)11-7;1-2(3)4;1-2-3;;;/h1-7H,(H,10,11);2*1-4H;1H3,(H,3,4);1H3;1H3;;/q;;;;2*-1;+1;/p-2/b7-6+;;;;;;;. The number of carboxylic acid groups (broad SMARTS) is 2. The van der Waals surface area contributed by atoms with E-state index in [-0.39, 0.29) is 77.4 Å². The van der Waals surface area contributed by atoms with Gasteiger partial charge < -0.3 is 41.5 Å². The zero-order valence-electron chi connectivity index (χ0n) is 23.6. The maximum atomic E-state index is 10.8. The van der Waals surface area contributed by atoms with Crippen LogP contribution in [0.25, 0.3) is 6.08 Å². The number of carbonyl (C=O) groups is 6. The zero-order valence-corrected chi connectivity index (χ0v) is 28.1. The average Bonchev–Trinajstić information content (AvgIpc) is 3.38. The van der Waals surface area contributed by atoms with Crippen molar-refractivity contribution in [3.63, 3.8) is 0 Å². The van der Waals surface area contributed by atoms with Gasteiger partial charge in [-0.1, -0.05) is 60.7 Å². The Balaban J connectivity index is -0.000000488. The minimum atomic E-state index is -1.17. The van der Waals surface area contributed by atoms with Gasteiger partial charge >= 0.3 is 75.3 Å². The molecule has 0 aromatic heterocycles. The molecule has 1 radical (unpaired) electrons. The molecule has 11 nitrogen and oxygen atoms in total. The molecule has 3 aromatic rings. The van der Waals surface area contributed by atoms with E-state index in [2.05, 4.69) is 9.47 Å². The molecule has 43 heavy (non-hydrogen) atoms. The quantitative estimate of drug-likeness (QED) is 0.106. The molecule has 0 fully saturated rings. The summed E-state index contributed by atoms with van der Waals surface area (Å²) in [5, 5.41) is 18.9. The van der Waals surface area contributed by atoms with Crippen LogP contribution >= 0.6 is 0 Å². The Hall–Kier alpha value is -3.49. The van der Waals surface area contributed by atoms with E-state index in [1.807, 2.05) is 30.3 Å². The van der Waals surface area contributed by atoms with Crippen LogP contribution in [0.4, 0.5) is 0 Å².